The second kappa shape index (κ2) is 10.5. The lowest BCUT2D eigenvalue weighted by molar-refractivity contribution is -0.127. The first kappa shape index (κ1) is 24.7. The number of halogens is 1. The van der Waals surface area contributed by atoms with Crippen LogP contribution in [0.2, 0.25) is 5.02 Å². The molecular weight excluding hydrogens is 510 g/mol. The molecule has 3 amide bonds. The lowest BCUT2D eigenvalue weighted by atomic mass is 10.1. The average molecular weight is 532 g/mol. The Morgan fingerprint density at radius 1 is 1.03 bits per heavy atom. The van der Waals surface area contributed by atoms with Crippen molar-refractivity contribution in [1.82, 2.24) is 9.47 Å². The summed E-state index contributed by atoms with van der Waals surface area (Å²) >= 11 is 6.85. The van der Waals surface area contributed by atoms with Crippen molar-refractivity contribution >= 4 is 63.1 Å². The summed E-state index contributed by atoms with van der Waals surface area (Å²) < 4.78 is 7.33. The van der Waals surface area contributed by atoms with E-state index in [1.807, 2.05) is 54.7 Å². The van der Waals surface area contributed by atoms with E-state index in [2.05, 4.69) is 9.88 Å². The lowest BCUT2D eigenvalue weighted by Crippen LogP contribution is -2.36. The zero-order valence-electron chi connectivity index (χ0n) is 19.8. The highest BCUT2D eigenvalue weighted by molar-refractivity contribution is 8.18. The number of fused-ring (bicyclic) bond motifs is 1. The number of carbonyl (C=O) groups excluding carboxylic acids is 3. The van der Waals surface area contributed by atoms with Crippen molar-refractivity contribution < 1.29 is 19.1 Å². The Bertz CT molecular complexity index is 1540. The molecule has 1 saturated heterocycles. The average Bonchev–Trinajstić information content (AvgIpc) is 3.37. The number of anilines is 1. The molecule has 7 nitrogen and oxygen atoms in total. The molecule has 0 saturated carbocycles. The fourth-order valence-electron chi connectivity index (χ4n) is 4.17. The molecule has 186 valence electrons. The van der Waals surface area contributed by atoms with Gasteiger partial charge in [-0.05, 0) is 53.7 Å². The Kier molecular flexibility index (Phi) is 7.03. The number of nitrogens with one attached hydrogen (secondary N) is 1. The van der Waals surface area contributed by atoms with Gasteiger partial charge in [0.15, 0.2) is 0 Å². The number of carbonyl (C=O) groups is 3. The van der Waals surface area contributed by atoms with Gasteiger partial charge in [0.1, 0.15) is 12.3 Å². The van der Waals surface area contributed by atoms with Crippen LogP contribution in [0.25, 0.3) is 17.0 Å². The number of imide groups is 1. The Morgan fingerprint density at radius 2 is 1.76 bits per heavy atom. The number of hydrogen-bond donors (Lipinski definition) is 1. The molecule has 1 fully saturated rings. The first-order valence-electron chi connectivity index (χ1n) is 11.4. The monoisotopic (exact) mass is 531 g/mol. The molecule has 0 radical (unpaired) electrons. The van der Waals surface area contributed by atoms with Gasteiger partial charge in [0.25, 0.3) is 11.1 Å². The number of thioether (sulfide) groups is 1. The first-order chi connectivity index (χ1) is 17.9. The predicted octanol–water partition coefficient (Wildman–Crippen LogP) is 6.03. The number of benzene rings is 3. The summed E-state index contributed by atoms with van der Waals surface area (Å²) in [6.45, 7) is 0.231. The van der Waals surface area contributed by atoms with E-state index in [1.54, 1.807) is 30.3 Å². The number of methoxy groups -OCH3 is 1. The van der Waals surface area contributed by atoms with Crippen molar-refractivity contribution in [2.24, 2.45) is 0 Å². The molecule has 0 unspecified atom stereocenters. The molecule has 3 aromatic carbocycles. The van der Waals surface area contributed by atoms with Crippen LogP contribution in [0.1, 0.15) is 11.1 Å². The highest BCUT2D eigenvalue weighted by Gasteiger charge is 2.36. The summed E-state index contributed by atoms with van der Waals surface area (Å²) in [5.74, 6) is -0.507. The fourth-order valence-corrected chi connectivity index (χ4v) is 5.12. The van der Waals surface area contributed by atoms with E-state index in [9.17, 15) is 14.4 Å². The van der Waals surface area contributed by atoms with Gasteiger partial charge >= 0.3 is 0 Å². The normalized spacial score (nSPS) is 14.5. The molecule has 2 heterocycles. The lowest BCUT2D eigenvalue weighted by Gasteiger charge is -2.14. The molecule has 1 aliphatic rings. The summed E-state index contributed by atoms with van der Waals surface area (Å²) in [6, 6.07) is 22.4. The van der Waals surface area contributed by atoms with Crippen LogP contribution in [0.5, 0.6) is 5.75 Å². The van der Waals surface area contributed by atoms with Crippen LogP contribution in [-0.4, -0.2) is 40.2 Å². The van der Waals surface area contributed by atoms with Gasteiger partial charge in [-0.3, -0.25) is 19.3 Å². The molecule has 1 aromatic heterocycles. The van der Waals surface area contributed by atoms with Gasteiger partial charge in [-0.1, -0.05) is 54.1 Å². The minimum Gasteiger partial charge on any atom is -0.495 e. The van der Waals surface area contributed by atoms with Crippen molar-refractivity contribution in [1.29, 1.82) is 0 Å². The quantitative estimate of drug-likeness (QED) is 0.295. The zero-order valence-corrected chi connectivity index (χ0v) is 21.4. The summed E-state index contributed by atoms with van der Waals surface area (Å²) in [5, 5.41) is 3.84. The molecule has 5 rings (SSSR count). The van der Waals surface area contributed by atoms with E-state index >= 15 is 0 Å². The summed E-state index contributed by atoms with van der Waals surface area (Å²) in [6.07, 6.45) is 3.67. The van der Waals surface area contributed by atoms with Gasteiger partial charge in [0, 0.05) is 34.2 Å². The molecular formula is C28H22ClN3O4S. The number of nitrogens with zero attached hydrogens (tertiary/aromatic N) is 2. The predicted molar refractivity (Wildman–Crippen MR) is 147 cm³/mol. The third-order valence-electron chi connectivity index (χ3n) is 5.93. The largest absolute Gasteiger partial charge is 0.495 e. The smallest absolute Gasteiger partial charge is 0.294 e. The highest BCUT2D eigenvalue weighted by Crippen LogP contribution is 2.34. The van der Waals surface area contributed by atoms with Crippen LogP contribution < -0.4 is 10.1 Å². The van der Waals surface area contributed by atoms with Gasteiger partial charge in [-0.2, -0.15) is 0 Å². The third kappa shape index (κ3) is 5.26. The summed E-state index contributed by atoms with van der Waals surface area (Å²) in [7, 11) is 1.50. The van der Waals surface area contributed by atoms with Crippen molar-refractivity contribution in [3.05, 3.63) is 100 Å². The minimum absolute atomic E-state index is 0.268. The maximum Gasteiger partial charge on any atom is 0.294 e. The Labute approximate surface area is 222 Å². The standard InChI is InChI=1S/C28H22ClN3O4S/c1-36-24-9-5-3-7-22(24)30-26(33)17-32-27(34)25(37-28(32)35)14-19-16-31(23-8-4-2-6-21(19)23)15-18-10-12-20(29)13-11-18/h2-14,16H,15,17H2,1H3,(H,30,33)/b25-14-. The molecule has 4 aromatic rings. The molecule has 0 aliphatic carbocycles. The van der Waals surface area contributed by atoms with Crippen LogP contribution >= 0.6 is 23.4 Å². The van der Waals surface area contributed by atoms with Gasteiger partial charge in [0.2, 0.25) is 5.91 Å². The Balaban J connectivity index is 1.37. The van der Waals surface area contributed by atoms with E-state index in [4.69, 9.17) is 16.3 Å². The fraction of sp³-hybridized carbons (Fsp3) is 0.107. The maximum atomic E-state index is 13.1. The van der Waals surface area contributed by atoms with Crippen LogP contribution in [0.15, 0.2) is 83.9 Å². The van der Waals surface area contributed by atoms with Gasteiger partial charge in [-0.25, -0.2) is 0 Å². The minimum atomic E-state index is -0.500. The molecule has 1 aliphatic heterocycles. The highest BCUT2D eigenvalue weighted by atomic mass is 35.5. The van der Waals surface area contributed by atoms with E-state index < -0.39 is 23.6 Å². The molecule has 0 spiro atoms. The van der Waals surface area contributed by atoms with E-state index in [0.29, 0.717) is 23.0 Å². The maximum absolute atomic E-state index is 13.1. The van der Waals surface area contributed by atoms with Gasteiger partial charge < -0.3 is 14.6 Å². The zero-order chi connectivity index (χ0) is 25.9. The number of hydrogen-bond acceptors (Lipinski definition) is 5. The SMILES string of the molecule is COc1ccccc1NC(=O)CN1C(=O)S/C(=C\c2cn(Cc3ccc(Cl)cc3)c3ccccc23)C1=O. The van der Waals surface area contributed by atoms with Crippen LogP contribution in [-0.2, 0) is 16.1 Å². The number of aromatic nitrogens is 1. The second-order valence-electron chi connectivity index (χ2n) is 8.37. The molecule has 9 heteroatoms. The summed E-state index contributed by atoms with van der Waals surface area (Å²) in [4.78, 5) is 39.6. The number of rotatable bonds is 7. The molecule has 37 heavy (non-hydrogen) atoms. The topological polar surface area (TPSA) is 80.6 Å². The van der Waals surface area contributed by atoms with Crippen LogP contribution in [0, 0.1) is 0 Å². The summed E-state index contributed by atoms with van der Waals surface area (Å²) in [5.41, 5.74) is 3.36. The molecule has 0 atom stereocenters. The molecule has 1 N–H and O–H groups in total. The Hall–Kier alpha value is -4.01. The van der Waals surface area contributed by atoms with E-state index in [1.165, 1.54) is 7.11 Å². The van der Waals surface area contributed by atoms with Crippen LogP contribution in [0.4, 0.5) is 10.5 Å². The van der Waals surface area contributed by atoms with E-state index in [0.717, 1.165) is 38.7 Å². The molecule has 0 bridgehead atoms. The second-order valence-corrected chi connectivity index (χ2v) is 9.80. The van der Waals surface area contributed by atoms with Gasteiger partial charge in [-0.15, -0.1) is 0 Å². The van der Waals surface area contributed by atoms with Gasteiger partial charge in [0.05, 0.1) is 17.7 Å². The Morgan fingerprint density at radius 3 is 2.54 bits per heavy atom. The number of ether oxygens (including phenoxy) is 1. The van der Waals surface area contributed by atoms with Crippen molar-refractivity contribution in [2.45, 2.75) is 6.54 Å². The first-order valence-corrected chi connectivity index (χ1v) is 12.6. The van der Waals surface area contributed by atoms with Crippen molar-refractivity contribution in [2.75, 3.05) is 19.0 Å². The van der Waals surface area contributed by atoms with Crippen LogP contribution in [0.3, 0.4) is 0 Å². The third-order valence-corrected chi connectivity index (χ3v) is 7.09. The number of para-hydroxylation sites is 3. The van der Waals surface area contributed by atoms with Crippen molar-refractivity contribution in [3.8, 4) is 5.75 Å². The van der Waals surface area contributed by atoms with Crippen molar-refractivity contribution in [3.63, 3.8) is 0 Å². The number of amides is 3. The van der Waals surface area contributed by atoms with E-state index in [-0.39, 0.29) is 4.91 Å².